The van der Waals surface area contributed by atoms with Gasteiger partial charge in [-0.25, -0.2) is 0 Å². The van der Waals surface area contributed by atoms with E-state index in [0.29, 0.717) is 19.4 Å². The van der Waals surface area contributed by atoms with E-state index in [9.17, 15) is 8.42 Å². The van der Waals surface area contributed by atoms with E-state index in [1.807, 2.05) is 0 Å². The average molecular weight is 247 g/mol. The van der Waals surface area contributed by atoms with Crippen molar-refractivity contribution in [1.29, 1.82) is 5.26 Å². The van der Waals surface area contributed by atoms with Crippen molar-refractivity contribution in [1.82, 2.24) is 9.44 Å². The Hall–Kier alpha value is -0.680. The maximum absolute atomic E-state index is 11.6. The van der Waals surface area contributed by atoms with Gasteiger partial charge in [0.15, 0.2) is 0 Å². The van der Waals surface area contributed by atoms with Crippen LogP contribution in [0.5, 0.6) is 0 Å². The lowest BCUT2D eigenvalue weighted by Crippen LogP contribution is -2.50. The second-order valence-electron chi connectivity index (χ2n) is 3.89. The SMILES string of the molecule is COCCNS(=O)(=O)NC1(C#N)CCCC1. The molecule has 16 heavy (non-hydrogen) atoms. The van der Waals surface area contributed by atoms with Crippen LogP contribution in [0.15, 0.2) is 0 Å². The number of ether oxygens (including phenoxy) is 1. The number of nitrogens with one attached hydrogen (secondary N) is 2. The first-order chi connectivity index (χ1) is 7.54. The van der Waals surface area contributed by atoms with E-state index in [4.69, 9.17) is 10.00 Å². The first kappa shape index (κ1) is 13.4. The number of hydrogen-bond donors (Lipinski definition) is 2. The predicted molar refractivity (Wildman–Crippen MR) is 58.7 cm³/mol. The molecule has 0 atom stereocenters. The highest BCUT2D eigenvalue weighted by molar-refractivity contribution is 7.87. The molecule has 0 aromatic heterocycles. The summed E-state index contributed by atoms with van der Waals surface area (Å²) in [4.78, 5) is 0. The molecule has 1 aliphatic rings. The van der Waals surface area contributed by atoms with Crippen LogP contribution in [-0.4, -0.2) is 34.2 Å². The topological polar surface area (TPSA) is 91.2 Å². The van der Waals surface area contributed by atoms with E-state index in [0.717, 1.165) is 12.8 Å². The molecule has 0 unspecified atom stereocenters. The Morgan fingerprint density at radius 2 is 2.06 bits per heavy atom. The lowest BCUT2D eigenvalue weighted by molar-refractivity contribution is 0.204. The Balaban J connectivity index is 2.54. The largest absolute Gasteiger partial charge is 0.383 e. The summed E-state index contributed by atoms with van der Waals surface area (Å²) in [7, 11) is -2.11. The summed E-state index contributed by atoms with van der Waals surface area (Å²) in [5.41, 5.74) is -0.918. The Morgan fingerprint density at radius 1 is 1.44 bits per heavy atom. The monoisotopic (exact) mass is 247 g/mol. The first-order valence-corrected chi connectivity index (χ1v) is 6.71. The summed E-state index contributed by atoms with van der Waals surface area (Å²) in [6.07, 6.45) is 2.92. The van der Waals surface area contributed by atoms with Gasteiger partial charge in [0.2, 0.25) is 0 Å². The fourth-order valence-corrected chi connectivity index (χ4v) is 2.98. The van der Waals surface area contributed by atoms with E-state index in [1.54, 1.807) is 0 Å². The Kier molecular flexibility index (Phi) is 4.68. The van der Waals surface area contributed by atoms with Crippen molar-refractivity contribution in [2.24, 2.45) is 0 Å². The molecule has 0 spiro atoms. The summed E-state index contributed by atoms with van der Waals surface area (Å²) in [6, 6.07) is 2.06. The highest BCUT2D eigenvalue weighted by Crippen LogP contribution is 2.29. The Morgan fingerprint density at radius 3 is 2.56 bits per heavy atom. The van der Waals surface area contributed by atoms with Crippen molar-refractivity contribution < 1.29 is 13.2 Å². The van der Waals surface area contributed by atoms with Crippen LogP contribution in [0.3, 0.4) is 0 Å². The first-order valence-electron chi connectivity index (χ1n) is 5.22. The molecule has 0 aliphatic heterocycles. The molecule has 1 saturated carbocycles. The highest BCUT2D eigenvalue weighted by atomic mass is 32.2. The van der Waals surface area contributed by atoms with Crippen LogP contribution >= 0.6 is 0 Å². The quantitative estimate of drug-likeness (QED) is 0.641. The lowest BCUT2D eigenvalue weighted by Gasteiger charge is -2.21. The van der Waals surface area contributed by atoms with Crippen LogP contribution < -0.4 is 9.44 Å². The fraction of sp³-hybridized carbons (Fsp3) is 0.889. The van der Waals surface area contributed by atoms with Gasteiger partial charge in [0.1, 0.15) is 5.54 Å². The molecule has 92 valence electrons. The summed E-state index contributed by atoms with van der Waals surface area (Å²) in [6.45, 7) is 0.508. The maximum Gasteiger partial charge on any atom is 0.278 e. The molecule has 1 fully saturated rings. The van der Waals surface area contributed by atoms with E-state index in [2.05, 4.69) is 15.5 Å². The second kappa shape index (κ2) is 5.59. The molecule has 0 amide bonds. The van der Waals surface area contributed by atoms with Crippen molar-refractivity contribution in [3.05, 3.63) is 0 Å². The minimum atomic E-state index is -3.61. The van der Waals surface area contributed by atoms with Crippen LogP contribution in [0, 0.1) is 11.3 Å². The number of nitrogens with zero attached hydrogens (tertiary/aromatic N) is 1. The van der Waals surface area contributed by atoms with Crippen molar-refractivity contribution in [3.63, 3.8) is 0 Å². The van der Waals surface area contributed by atoms with Crippen LogP contribution in [0.1, 0.15) is 25.7 Å². The van der Waals surface area contributed by atoms with Gasteiger partial charge < -0.3 is 4.74 Å². The van der Waals surface area contributed by atoms with Crippen LogP contribution in [-0.2, 0) is 14.9 Å². The smallest absolute Gasteiger partial charge is 0.278 e. The summed E-state index contributed by atoms with van der Waals surface area (Å²) in [5, 5.41) is 9.02. The number of nitriles is 1. The summed E-state index contributed by atoms with van der Waals surface area (Å²) >= 11 is 0. The molecule has 1 rings (SSSR count). The van der Waals surface area contributed by atoms with Gasteiger partial charge in [0, 0.05) is 13.7 Å². The number of methoxy groups -OCH3 is 1. The molecular formula is C9H17N3O3S. The predicted octanol–water partition coefficient (Wildman–Crippen LogP) is -0.107. The molecule has 0 saturated heterocycles. The van der Waals surface area contributed by atoms with Crippen LogP contribution in [0.4, 0.5) is 0 Å². The zero-order valence-electron chi connectivity index (χ0n) is 9.32. The molecule has 0 radical (unpaired) electrons. The third-order valence-electron chi connectivity index (χ3n) is 2.60. The van der Waals surface area contributed by atoms with Gasteiger partial charge in [-0.15, -0.1) is 0 Å². The zero-order valence-corrected chi connectivity index (χ0v) is 10.1. The van der Waals surface area contributed by atoms with Crippen LogP contribution in [0.25, 0.3) is 0 Å². The van der Waals surface area contributed by atoms with Gasteiger partial charge in [-0.2, -0.15) is 23.1 Å². The van der Waals surface area contributed by atoms with Crippen molar-refractivity contribution >= 4 is 10.2 Å². The van der Waals surface area contributed by atoms with Gasteiger partial charge in [-0.05, 0) is 12.8 Å². The lowest BCUT2D eigenvalue weighted by atomic mass is 10.0. The van der Waals surface area contributed by atoms with Gasteiger partial charge in [-0.1, -0.05) is 12.8 Å². The third kappa shape index (κ3) is 3.72. The Bertz CT molecular complexity index is 355. The van der Waals surface area contributed by atoms with Crippen LogP contribution in [0.2, 0.25) is 0 Å². The third-order valence-corrected chi connectivity index (χ3v) is 3.84. The molecule has 7 heteroatoms. The van der Waals surface area contributed by atoms with Crippen molar-refractivity contribution in [3.8, 4) is 6.07 Å². The molecule has 0 aromatic carbocycles. The summed E-state index contributed by atoms with van der Waals surface area (Å²) in [5.74, 6) is 0. The van der Waals surface area contributed by atoms with E-state index >= 15 is 0 Å². The molecular weight excluding hydrogens is 230 g/mol. The molecule has 0 bridgehead atoms. The molecule has 6 nitrogen and oxygen atoms in total. The van der Waals surface area contributed by atoms with Gasteiger partial charge in [0.25, 0.3) is 10.2 Å². The van der Waals surface area contributed by atoms with Gasteiger partial charge in [0.05, 0.1) is 12.7 Å². The minimum absolute atomic E-state index is 0.202. The second-order valence-corrected chi connectivity index (χ2v) is 5.39. The zero-order chi connectivity index (χ0) is 12.1. The Labute approximate surface area is 96.2 Å². The minimum Gasteiger partial charge on any atom is -0.383 e. The van der Waals surface area contributed by atoms with E-state index in [1.165, 1.54) is 7.11 Å². The van der Waals surface area contributed by atoms with Gasteiger partial charge >= 0.3 is 0 Å². The maximum atomic E-state index is 11.6. The highest BCUT2D eigenvalue weighted by Gasteiger charge is 2.37. The molecule has 1 aliphatic carbocycles. The fourth-order valence-electron chi connectivity index (χ4n) is 1.79. The standard InChI is InChI=1S/C9H17N3O3S/c1-15-7-6-11-16(13,14)12-9(8-10)4-2-3-5-9/h11-12H,2-7H2,1H3. The van der Waals surface area contributed by atoms with E-state index in [-0.39, 0.29) is 6.54 Å². The molecule has 0 heterocycles. The molecule has 2 N–H and O–H groups in total. The van der Waals surface area contributed by atoms with E-state index < -0.39 is 15.7 Å². The van der Waals surface area contributed by atoms with Crippen molar-refractivity contribution in [2.75, 3.05) is 20.3 Å². The normalized spacial score (nSPS) is 19.5. The van der Waals surface area contributed by atoms with Gasteiger partial charge in [-0.3, -0.25) is 0 Å². The number of rotatable bonds is 6. The summed E-state index contributed by atoms with van der Waals surface area (Å²) < 4.78 is 32.7. The average Bonchev–Trinajstić information content (AvgIpc) is 2.66. The number of hydrogen-bond acceptors (Lipinski definition) is 4. The van der Waals surface area contributed by atoms with Crippen molar-refractivity contribution in [2.45, 2.75) is 31.2 Å². The molecule has 0 aromatic rings.